The lowest BCUT2D eigenvalue weighted by atomic mass is 9.91. The van der Waals surface area contributed by atoms with Crippen molar-refractivity contribution in [3.63, 3.8) is 0 Å². The first-order valence-electron chi connectivity index (χ1n) is 8.37. The van der Waals surface area contributed by atoms with Gasteiger partial charge in [0.2, 0.25) is 5.91 Å². The molecule has 0 saturated heterocycles. The minimum absolute atomic E-state index is 0.105. The molecule has 0 spiro atoms. The van der Waals surface area contributed by atoms with Gasteiger partial charge in [-0.2, -0.15) is 0 Å². The maximum Gasteiger partial charge on any atom is 0.224 e. The molecule has 2 unspecified atom stereocenters. The van der Waals surface area contributed by atoms with Crippen LogP contribution in [-0.2, 0) is 4.79 Å². The number of para-hydroxylation sites is 2. The van der Waals surface area contributed by atoms with Gasteiger partial charge in [0.25, 0.3) is 0 Å². The fourth-order valence-corrected chi connectivity index (χ4v) is 3.16. The Hall–Kier alpha value is -2.33. The van der Waals surface area contributed by atoms with Crippen molar-refractivity contribution in [1.82, 2.24) is 5.32 Å². The van der Waals surface area contributed by atoms with Gasteiger partial charge in [-0.15, -0.1) is 0 Å². The van der Waals surface area contributed by atoms with Crippen LogP contribution in [0.25, 0.3) is 0 Å². The molecular weight excluding hydrogens is 298 g/mol. The summed E-state index contributed by atoms with van der Waals surface area (Å²) in [5, 5.41) is 6.34. The lowest BCUT2D eigenvalue weighted by Gasteiger charge is -2.39. The van der Waals surface area contributed by atoms with Gasteiger partial charge in [0, 0.05) is 24.3 Å². The second-order valence-electron chi connectivity index (χ2n) is 6.10. The SMILES string of the molecule is CC(=O)N1c2ccccc2C(Nc2ccccc2)CC1C.CNC. The molecule has 1 amide bonds. The Balaban J connectivity index is 0.000000647. The van der Waals surface area contributed by atoms with Crippen molar-refractivity contribution in [1.29, 1.82) is 0 Å². The van der Waals surface area contributed by atoms with E-state index in [0.29, 0.717) is 0 Å². The standard InChI is InChI=1S/C18H20N2O.C2H7N/c1-13-12-17(19-15-8-4-3-5-9-15)16-10-6-7-11-18(16)20(13)14(2)21;1-3-2/h3-11,13,17,19H,12H2,1-2H3;3H,1-2H3. The third-order valence-electron chi connectivity index (χ3n) is 4.04. The number of benzene rings is 2. The average molecular weight is 325 g/mol. The van der Waals surface area contributed by atoms with Crippen LogP contribution in [0.5, 0.6) is 0 Å². The van der Waals surface area contributed by atoms with Crippen LogP contribution < -0.4 is 15.5 Å². The summed E-state index contributed by atoms with van der Waals surface area (Å²) in [5.74, 6) is 0.105. The Labute approximate surface area is 144 Å². The highest BCUT2D eigenvalue weighted by Crippen LogP contribution is 2.38. The number of rotatable bonds is 2. The van der Waals surface area contributed by atoms with E-state index < -0.39 is 0 Å². The summed E-state index contributed by atoms with van der Waals surface area (Å²) in [5.41, 5.74) is 3.33. The zero-order chi connectivity index (χ0) is 17.5. The summed E-state index contributed by atoms with van der Waals surface area (Å²) in [6, 6.07) is 18.8. The van der Waals surface area contributed by atoms with Gasteiger partial charge in [0.1, 0.15) is 0 Å². The van der Waals surface area contributed by atoms with Gasteiger partial charge in [-0.25, -0.2) is 0 Å². The van der Waals surface area contributed by atoms with Crippen LogP contribution in [-0.4, -0.2) is 26.0 Å². The zero-order valence-corrected chi connectivity index (χ0v) is 14.9. The normalized spacial score (nSPS) is 18.9. The molecule has 1 heterocycles. The van der Waals surface area contributed by atoms with Gasteiger partial charge in [-0.1, -0.05) is 36.4 Å². The third-order valence-corrected chi connectivity index (χ3v) is 4.04. The van der Waals surface area contributed by atoms with Crippen molar-refractivity contribution in [3.8, 4) is 0 Å². The monoisotopic (exact) mass is 325 g/mol. The van der Waals surface area contributed by atoms with Crippen molar-refractivity contribution in [3.05, 3.63) is 60.2 Å². The van der Waals surface area contributed by atoms with E-state index in [1.807, 2.05) is 55.4 Å². The van der Waals surface area contributed by atoms with Crippen LogP contribution in [0.15, 0.2) is 54.6 Å². The molecule has 0 aromatic heterocycles. The number of nitrogens with one attached hydrogen (secondary N) is 2. The minimum atomic E-state index is 0.105. The highest BCUT2D eigenvalue weighted by Gasteiger charge is 2.31. The number of hydrogen-bond donors (Lipinski definition) is 2. The number of nitrogens with zero attached hydrogens (tertiary/aromatic N) is 1. The van der Waals surface area contributed by atoms with Crippen molar-refractivity contribution in [2.45, 2.75) is 32.4 Å². The second kappa shape index (κ2) is 8.50. The number of carbonyl (C=O) groups is 1. The summed E-state index contributed by atoms with van der Waals surface area (Å²) >= 11 is 0. The third kappa shape index (κ3) is 4.15. The Morgan fingerprint density at radius 2 is 1.62 bits per heavy atom. The molecule has 0 bridgehead atoms. The van der Waals surface area contributed by atoms with E-state index in [2.05, 4.69) is 35.8 Å². The Morgan fingerprint density at radius 3 is 2.25 bits per heavy atom. The molecule has 2 aromatic carbocycles. The summed E-state index contributed by atoms with van der Waals surface area (Å²) < 4.78 is 0. The van der Waals surface area contributed by atoms with Crippen molar-refractivity contribution < 1.29 is 4.79 Å². The second-order valence-corrected chi connectivity index (χ2v) is 6.10. The summed E-state index contributed by atoms with van der Waals surface area (Å²) in [6.07, 6.45) is 0.908. The summed E-state index contributed by atoms with van der Waals surface area (Å²) in [4.78, 5) is 13.8. The molecule has 4 heteroatoms. The summed E-state index contributed by atoms with van der Waals surface area (Å²) in [6.45, 7) is 3.75. The smallest absolute Gasteiger partial charge is 0.224 e. The number of fused-ring (bicyclic) bond motifs is 1. The Kier molecular flexibility index (Phi) is 6.38. The van der Waals surface area contributed by atoms with Crippen molar-refractivity contribution in [2.24, 2.45) is 0 Å². The van der Waals surface area contributed by atoms with Crippen molar-refractivity contribution >= 4 is 17.3 Å². The van der Waals surface area contributed by atoms with E-state index >= 15 is 0 Å². The number of hydrogen-bond acceptors (Lipinski definition) is 3. The minimum Gasteiger partial charge on any atom is -0.378 e. The van der Waals surface area contributed by atoms with E-state index in [1.54, 1.807) is 6.92 Å². The summed E-state index contributed by atoms with van der Waals surface area (Å²) in [7, 11) is 3.75. The number of carbonyl (C=O) groups excluding carboxylic acids is 1. The maximum absolute atomic E-state index is 11.9. The molecular formula is C20H27N3O. The number of amides is 1. The van der Waals surface area contributed by atoms with Crippen LogP contribution in [0.2, 0.25) is 0 Å². The highest BCUT2D eigenvalue weighted by atomic mass is 16.2. The van der Waals surface area contributed by atoms with Crippen LogP contribution in [0.4, 0.5) is 11.4 Å². The molecule has 2 N–H and O–H groups in total. The first-order valence-corrected chi connectivity index (χ1v) is 8.37. The lowest BCUT2D eigenvalue weighted by molar-refractivity contribution is -0.117. The fraction of sp³-hybridized carbons (Fsp3) is 0.350. The molecule has 128 valence electrons. The van der Waals surface area contributed by atoms with E-state index in [-0.39, 0.29) is 18.0 Å². The van der Waals surface area contributed by atoms with Gasteiger partial charge < -0.3 is 15.5 Å². The predicted molar refractivity (Wildman–Crippen MR) is 101 cm³/mol. The molecule has 0 aliphatic carbocycles. The van der Waals surface area contributed by atoms with Crippen LogP contribution in [0.3, 0.4) is 0 Å². The molecule has 1 aliphatic heterocycles. The largest absolute Gasteiger partial charge is 0.378 e. The van der Waals surface area contributed by atoms with Gasteiger partial charge >= 0.3 is 0 Å². The molecule has 0 saturated carbocycles. The lowest BCUT2D eigenvalue weighted by Crippen LogP contribution is -2.43. The molecule has 24 heavy (non-hydrogen) atoms. The highest BCUT2D eigenvalue weighted by molar-refractivity contribution is 5.93. The molecule has 2 aromatic rings. The average Bonchev–Trinajstić information content (AvgIpc) is 2.56. The molecule has 3 rings (SSSR count). The van der Waals surface area contributed by atoms with Gasteiger partial charge in [0.05, 0.1) is 6.04 Å². The maximum atomic E-state index is 11.9. The molecule has 0 radical (unpaired) electrons. The molecule has 1 aliphatic rings. The van der Waals surface area contributed by atoms with E-state index in [4.69, 9.17) is 0 Å². The van der Waals surface area contributed by atoms with Crippen LogP contribution in [0, 0.1) is 0 Å². The van der Waals surface area contributed by atoms with Crippen molar-refractivity contribution in [2.75, 3.05) is 24.3 Å². The van der Waals surface area contributed by atoms with Gasteiger partial charge in [-0.05, 0) is 51.2 Å². The predicted octanol–water partition coefficient (Wildman–Crippen LogP) is 3.82. The van der Waals surface area contributed by atoms with Crippen LogP contribution >= 0.6 is 0 Å². The van der Waals surface area contributed by atoms with E-state index in [1.165, 1.54) is 5.56 Å². The first-order chi connectivity index (χ1) is 11.6. The Morgan fingerprint density at radius 1 is 1.04 bits per heavy atom. The molecule has 0 fully saturated rings. The van der Waals surface area contributed by atoms with Crippen LogP contribution in [0.1, 0.15) is 31.9 Å². The first kappa shape index (κ1) is 18.0. The topological polar surface area (TPSA) is 44.4 Å². The van der Waals surface area contributed by atoms with E-state index in [0.717, 1.165) is 17.8 Å². The zero-order valence-electron chi connectivity index (χ0n) is 14.9. The quantitative estimate of drug-likeness (QED) is 0.882. The van der Waals surface area contributed by atoms with E-state index in [9.17, 15) is 4.79 Å². The van der Waals surface area contributed by atoms with Gasteiger partial charge in [0.15, 0.2) is 0 Å². The van der Waals surface area contributed by atoms with Gasteiger partial charge in [-0.3, -0.25) is 4.79 Å². The Bertz CT molecular complexity index is 657. The fourth-order valence-electron chi connectivity index (χ4n) is 3.16. The number of anilines is 2. The molecule has 2 atom stereocenters. The molecule has 4 nitrogen and oxygen atoms in total.